The number of hydrogen-bond acceptors (Lipinski definition) is 7. The number of nitrogens with zero attached hydrogens (tertiary/aromatic N) is 3. The largest absolute Gasteiger partial charge is 0.481 e. The van der Waals surface area contributed by atoms with Crippen molar-refractivity contribution in [3.63, 3.8) is 0 Å². The molecule has 0 spiro atoms. The highest BCUT2D eigenvalue weighted by Gasteiger charge is 2.48. The second-order valence-electron chi connectivity index (χ2n) is 9.19. The van der Waals surface area contributed by atoms with Crippen LogP contribution < -0.4 is 5.32 Å². The first-order chi connectivity index (χ1) is 16.4. The van der Waals surface area contributed by atoms with Crippen LogP contribution >= 0.6 is 11.3 Å². The molecule has 2 aromatic heterocycles. The number of hydrogen-bond donors (Lipinski definition) is 3. The van der Waals surface area contributed by atoms with Crippen molar-refractivity contribution in [2.45, 2.75) is 45.4 Å². The fraction of sp³-hybridized carbons (Fsp3) is 0.417. The third kappa shape index (κ3) is 5.15. The van der Waals surface area contributed by atoms with E-state index in [0.717, 1.165) is 28.3 Å². The van der Waals surface area contributed by atoms with E-state index in [9.17, 15) is 28.2 Å². The Morgan fingerprint density at radius 1 is 1.23 bits per heavy atom. The van der Waals surface area contributed by atoms with Crippen LogP contribution in [0.3, 0.4) is 0 Å². The monoisotopic (exact) mass is 506 g/mol. The molecule has 1 fully saturated rings. The van der Waals surface area contributed by atoms with Gasteiger partial charge in [0.1, 0.15) is 16.3 Å². The van der Waals surface area contributed by atoms with E-state index < -0.39 is 29.4 Å². The van der Waals surface area contributed by atoms with Gasteiger partial charge in [-0.3, -0.25) is 4.79 Å². The second kappa shape index (κ2) is 9.19. The summed E-state index contributed by atoms with van der Waals surface area (Å²) in [5.74, 6) is -2.02. The summed E-state index contributed by atoms with van der Waals surface area (Å²) in [4.78, 5) is 24.2. The van der Waals surface area contributed by atoms with Gasteiger partial charge in [0.25, 0.3) is 0 Å². The minimum absolute atomic E-state index is 0.173. The molecule has 4 atom stereocenters. The Morgan fingerprint density at radius 3 is 2.66 bits per heavy atom. The number of alkyl halides is 3. The van der Waals surface area contributed by atoms with Gasteiger partial charge in [0.05, 0.1) is 10.8 Å². The number of nitrogens with one attached hydrogen (secondary N) is 1. The second-order valence-corrected chi connectivity index (χ2v) is 10.2. The molecule has 1 aliphatic rings. The first-order valence-corrected chi connectivity index (χ1v) is 11.9. The highest BCUT2D eigenvalue weighted by atomic mass is 32.1. The number of aryl methyl sites for hydroxylation is 1. The van der Waals surface area contributed by atoms with E-state index in [0.29, 0.717) is 23.5 Å². The lowest BCUT2D eigenvalue weighted by molar-refractivity contribution is -0.152. The maximum absolute atomic E-state index is 13.0. The molecule has 0 saturated heterocycles. The number of aliphatic hydroxyl groups is 1. The molecule has 4 rings (SSSR count). The van der Waals surface area contributed by atoms with Crippen molar-refractivity contribution in [2.75, 3.05) is 5.32 Å². The molecule has 1 aromatic carbocycles. The summed E-state index contributed by atoms with van der Waals surface area (Å²) in [7, 11) is 0. The van der Waals surface area contributed by atoms with Gasteiger partial charge in [-0.2, -0.15) is 13.2 Å². The number of aromatic nitrogens is 3. The van der Waals surface area contributed by atoms with Crippen molar-refractivity contribution in [3.8, 4) is 10.4 Å². The topological polar surface area (TPSA) is 108 Å². The zero-order valence-electron chi connectivity index (χ0n) is 19.3. The number of carboxylic acid groups (broad SMARTS) is 1. The summed E-state index contributed by atoms with van der Waals surface area (Å²) in [6, 6.07) is 6.24. The summed E-state index contributed by atoms with van der Waals surface area (Å²) in [5.41, 5.74) is -0.132. The van der Waals surface area contributed by atoms with E-state index in [1.807, 2.05) is 26.8 Å². The highest BCUT2D eigenvalue weighted by Crippen LogP contribution is 2.48. The summed E-state index contributed by atoms with van der Waals surface area (Å²) >= 11 is 1.32. The van der Waals surface area contributed by atoms with Gasteiger partial charge < -0.3 is 15.5 Å². The first-order valence-electron chi connectivity index (χ1n) is 11.1. The van der Waals surface area contributed by atoms with Gasteiger partial charge in [0, 0.05) is 18.1 Å². The van der Waals surface area contributed by atoms with Crippen molar-refractivity contribution in [1.82, 2.24) is 15.0 Å². The summed E-state index contributed by atoms with van der Waals surface area (Å²) in [5, 5.41) is 24.3. The molecular formula is C24H25F3N4O3S. The number of aliphatic carboxylic acids is 1. The molecule has 1 aliphatic carbocycles. The van der Waals surface area contributed by atoms with Crippen LogP contribution in [0, 0.1) is 24.7 Å². The lowest BCUT2D eigenvalue weighted by Gasteiger charge is -2.42. The lowest BCUT2D eigenvalue weighted by atomic mass is 9.67. The zero-order chi connectivity index (χ0) is 25.5. The van der Waals surface area contributed by atoms with Gasteiger partial charge in [0.2, 0.25) is 5.95 Å². The number of anilines is 2. The van der Waals surface area contributed by atoms with E-state index in [1.54, 1.807) is 18.3 Å². The minimum atomic E-state index is -4.57. The van der Waals surface area contributed by atoms with Crippen LogP contribution in [0.25, 0.3) is 10.4 Å². The van der Waals surface area contributed by atoms with Gasteiger partial charge >= 0.3 is 12.1 Å². The van der Waals surface area contributed by atoms with Gasteiger partial charge in [0.15, 0.2) is 0 Å². The normalized spacial score (nSPS) is 24.8. The molecular weight excluding hydrogens is 481 g/mol. The van der Waals surface area contributed by atoms with Gasteiger partial charge in [-0.1, -0.05) is 19.9 Å². The molecule has 3 aromatic rings. The van der Waals surface area contributed by atoms with Crippen LogP contribution in [-0.2, 0) is 16.6 Å². The Balaban J connectivity index is 1.60. The quantitative estimate of drug-likeness (QED) is 0.412. The van der Waals surface area contributed by atoms with E-state index in [2.05, 4.69) is 20.3 Å². The average Bonchev–Trinajstić information content (AvgIpc) is 3.26. The fourth-order valence-corrected chi connectivity index (χ4v) is 5.71. The molecule has 186 valence electrons. The molecule has 1 saturated carbocycles. The van der Waals surface area contributed by atoms with Gasteiger partial charge in [-0.15, -0.1) is 11.3 Å². The predicted molar refractivity (Wildman–Crippen MR) is 125 cm³/mol. The van der Waals surface area contributed by atoms with E-state index in [4.69, 9.17) is 0 Å². The van der Waals surface area contributed by atoms with Crippen molar-refractivity contribution in [2.24, 2.45) is 17.8 Å². The molecule has 2 heterocycles. The van der Waals surface area contributed by atoms with Crippen LogP contribution in [0.5, 0.6) is 0 Å². The van der Waals surface area contributed by atoms with Crippen LogP contribution in [0.2, 0.25) is 0 Å². The number of thiazole rings is 1. The summed E-state index contributed by atoms with van der Waals surface area (Å²) < 4.78 is 38.9. The molecule has 7 nitrogen and oxygen atoms in total. The summed E-state index contributed by atoms with van der Waals surface area (Å²) in [6.45, 7) is 5.53. The van der Waals surface area contributed by atoms with Crippen LogP contribution in [0.15, 0.2) is 36.7 Å². The third-order valence-electron chi connectivity index (χ3n) is 6.50. The van der Waals surface area contributed by atoms with Crippen LogP contribution in [0.1, 0.15) is 43.0 Å². The predicted octanol–water partition coefficient (Wildman–Crippen LogP) is 5.63. The zero-order valence-corrected chi connectivity index (χ0v) is 20.1. The van der Waals surface area contributed by atoms with Crippen molar-refractivity contribution in [1.29, 1.82) is 0 Å². The number of carbonyl (C=O) groups is 1. The van der Waals surface area contributed by atoms with Crippen LogP contribution in [-0.4, -0.2) is 31.1 Å². The Kier molecular flexibility index (Phi) is 6.58. The van der Waals surface area contributed by atoms with Gasteiger partial charge in [-0.25, -0.2) is 15.0 Å². The van der Waals surface area contributed by atoms with Crippen molar-refractivity contribution in [3.05, 3.63) is 52.9 Å². The molecule has 3 N–H and O–H groups in total. The molecule has 35 heavy (non-hydrogen) atoms. The van der Waals surface area contributed by atoms with Crippen molar-refractivity contribution >= 4 is 28.9 Å². The van der Waals surface area contributed by atoms with Gasteiger partial charge in [-0.05, 0) is 60.9 Å². The minimum Gasteiger partial charge on any atom is -0.481 e. The average molecular weight is 507 g/mol. The van der Waals surface area contributed by atoms with Crippen molar-refractivity contribution < 1.29 is 28.2 Å². The molecule has 0 radical (unpaired) electrons. The maximum atomic E-state index is 13.0. The van der Waals surface area contributed by atoms with E-state index in [1.165, 1.54) is 11.3 Å². The standard InChI is InChI=1S/C24H25F3N4O3S/c1-12-6-15(9-16(7-12)30-22-28-5-4-19(31-22)24(25,26)27)18-11-29-21(35-18)23(34)10-13(2)17(20(32)33)8-14(23)3/h4-7,9,11,13-14,17,34H,8,10H2,1-3H3,(H,32,33)(H,28,30,31)/t13?,14?,17?,23-/m0/s1. The highest BCUT2D eigenvalue weighted by molar-refractivity contribution is 7.15. The number of carboxylic acids is 1. The smallest absolute Gasteiger partial charge is 0.433 e. The van der Waals surface area contributed by atoms with E-state index in [-0.39, 0.29) is 17.8 Å². The Labute approximate surface area is 204 Å². The Morgan fingerprint density at radius 2 is 1.97 bits per heavy atom. The third-order valence-corrected chi connectivity index (χ3v) is 7.71. The molecule has 3 unspecified atom stereocenters. The Hall–Kier alpha value is -3.05. The van der Waals surface area contributed by atoms with Crippen LogP contribution in [0.4, 0.5) is 24.8 Å². The number of halogens is 3. The SMILES string of the molecule is Cc1cc(Nc2nccc(C(F)(F)F)n2)cc(-c2cnc([C@]3(O)CC(C)C(C(=O)O)CC3C)s2)c1. The summed E-state index contributed by atoms with van der Waals surface area (Å²) in [6.07, 6.45) is -1.22. The maximum Gasteiger partial charge on any atom is 0.433 e. The number of benzene rings is 1. The lowest BCUT2D eigenvalue weighted by Crippen LogP contribution is -2.44. The fourth-order valence-electron chi connectivity index (χ4n) is 4.60. The number of rotatable bonds is 5. The first kappa shape index (κ1) is 25.1. The molecule has 0 aliphatic heterocycles. The molecule has 0 amide bonds. The van der Waals surface area contributed by atoms with E-state index >= 15 is 0 Å². The molecule has 0 bridgehead atoms. The Bertz CT molecular complexity index is 1250. The molecule has 11 heteroatoms.